The van der Waals surface area contributed by atoms with Crippen LogP contribution in [-0.4, -0.2) is 41.7 Å². The van der Waals surface area contributed by atoms with Crippen molar-refractivity contribution < 1.29 is 19.4 Å². The predicted molar refractivity (Wildman–Crippen MR) is 127 cm³/mol. The van der Waals surface area contributed by atoms with Crippen LogP contribution in [0.2, 0.25) is 0 Å². The number of amides is 1. The molecule has 33 heavy (non-hydrogen) atoms. The minimum absolute atomic E-state index is 0.0372. The topological polar surface area (TPSA) is 71.0 Å². The van der Waals surface area contributed by atoms with Gasteiger partial charge in [0.15, 0.2) is 6.29 Å². The van der Waals surface area contributed by atoms with Crippen LogP contribution in [0.3, 0.4) is 0 Å². The summed E-state index contributed by atoms with van der Waals surface area (Å²) in [5.74, 6) is 0.157. The summed E-state index contributed by atoms with van der Waals surface area (Å²) in [4.78, 5) is 13.7. The molecule has 2 aliphatic rings. The average Bonchev–Trinajstić information content (AvgIpc) is 2.85. The number of hydrogen-bond donors (Lipinski definition) is 2. The van der Waals surface area contributed by atoms with Gasteiger partial charge in [-0.1, -0.05) is 61.9 Å². The van der Waals surface area contributed by atoms with E-state index >= 15 is 0 Å². The third-order valence-electron chi connectivity index (χ3n) is 6.80. The van der Waals surface area contributed by atoms with Crippen molar-refractivity contribution in [2.24, 2.45) is 5.92 Å². The fourth-order valence-corrected chi connectivity index (χ4v) is 4.74. The molecule has 4 atom stereocenters. The number of aliphatic hydroxyl groups excluding tert-OH is 1. The second kappa shape index (κ2) is 11.3. The third-order valence-corrected chi connectivity index (χ3v) is 6.80. The number of benzene rings is 2. The van der Waals surface area contributed by atoms with Gasteiger partial charge in [-0.05, 0) is 42.6 Å². The second-order valence-electron chi connectivity index (χ2n) is 9.33. The van der Waals surface area contributed by atoms with Gasteiger partial charge >= 0.3 is 0 Å². The van der Waals surface area contributed by atoms with Crippen molar-refractivity contribution in [2.45, 2.75) is 64.8 Å². The molecule has 2 aromatic carbocycles. The standard InChI is InChI=1S/C27H36N2O4/c1-19-25(17-29-14-4-3-5-15-29)32-27(24-12-6-21(7-13-24)16-28-20(2)31)33-26(19)23-10-8-22(18-30)9-11-23/h6-13,19,25-27,30H,3-5,14-18H2,1-2H3,(H,28,31)/t19-,25+,26+,27+/m1/s1. The maximum absolute atomic E-state index is 11.2. The van der Waals surface area contributed by atoms with Gasteiger partial charge in [0.1, 0.15) is 0 Å². The fraction of sp³-hybridized carbons (Fsp3) is 0.519. The molecule has 0 aromatic heterocycles. The van der Waals surface area contributed by atoms with Gasteiger partial charge in [-0.15, -0.1) is 0 Å². The summed E-state index contributed by atoms with van der Waals surface area (Å²) in [6.07, 6.45) is 3.33. The highest BCUT2D eigenvalue weighted by Crippen LogP contribution is 2.42. The molecule has 0 bridgehead atoms. The zero-order valence-electron chi connectivity index (χ0n) is 19.7. The maximum Gasteiger partial charge on any atom is 0.217 e. The normalized spacial score (nSPS) is 26.2. The lowest BCUT2D eigenvalue weighted by Crippen LogP contribution is -2.45. The Labute approximate surface area is 196 Å². The van der Waals surface area contributed by atoms with Crippen LogP contribution in [0.5, 0.6) is 0 Å². The van der Waals surface area contributed by atoms with E-state index in [0.29, 0.717) is 6.54 Å². The van der Waals surface area contributed by atoms with Crippen molar-refractivity contribution in [1.82, 2.24) is 10.2 Å². The van der Waals surface area contributed by atoms with Gasteiger partial charge < -0.3 is 24.8 Å². The van der Waals surface area contributed by atoms with Crippen LogP contribution in [0.4, 0.5) is 0 Å². The first kappa shape index (κ1) is 23.9. The molecule has 0 aliphatic carbocycles. The van der Waals surface area contributed by atoms with E-state index in [9.17, 15) is 9.90 Å². The molecule has 2 aromatic rings. The zero-order chi connectivity index (χ0) is 23.2. The molecule has 4 rings (SSSR count). The van der Waals surface area contributed by atoms with E-state index in [1.807, 2.05) is 36.4 Å². The van der Waals surface area contributed by atoms with E-state index < -0.39 is 6.29 Å². The summed E-state index contributed by atoms with van der Waals surface area (Å²) in [5.41, 5.74) is 4.03. The Bertz CT molecular complexity index is 893. The SMILES string of the molecule is CC(=O)NCc1ccc([C@H]2O[C@@H](CN3CCCCC3)[C@@H](C)[C@@H](c3ccc(CO)cc3)O2)cc1. The van der Waals surface area contributed by atoms with Crippen LogP contribution in [0, 0.1) is 5.92 Å². The number of nitrogens with zero attached hydrogens (tertiary/aromatic N) is 1. The molecule has 0 saturated carbocycles. The first-order chi connectivity index (χ1) is 16.0. The van der Waals surface area contributed by atoms with Gasteiger partial charge in [-0.3, -0.25) is 4.79 Å². The Morgan fingerprint density at radius 1 is 0.970 bits per heavy atom. The van der Waals surface area contributed by atoms with Crippen LogP contribution in [0.15, 0.2) is 48.5 Å². The van der Waals surface area contributed by atoms with Crippen LogP contribution in [0.1, 0.15) is 67.8 Å². The van der Waals surface area contributed by atoms with Gasteiger partial charge in [-0.2, -0.15) is 0 Å². The smallest absolute Gasteiger partial charge is 0.217 e. The number of likely N-dealkylation sites (tertiary alicyclic amines) is 1. The molecule has 1 amide bonds. The lowest BCUT2D eigenvalue weighted by Gasteiger charge is -2.43. The van der Waals surface area contributed by atoms with E-state index in [2.05, 4.69) is 29.3 Å². The molecule has 2 heterocycles. The molecule has 0 unspecified atom stereocenters. The Morgan fingerprint density at radius 3 is 2.24 bits per heavy atom. The van der Waals surface area contributed by atoms with E-state index in [0.717, 1.165) is 41.9 Å². The number of hydrogen-bond acceptors (Lipinski definition) is 5. The number of carbonyl (C=O) groups is 1. The van der Waals surface area contributed by atoms with Gasteiger partial charge in [0.05, 0.1) is 18.8 Å². The molecule has 178 valence electrons. The minimum Gasteiger partial charge on any atom is -0.392 e. The summed E-state index contributed by atoms with van der Waals surface area (Å²) in [6.45, 7) is 7.46. The monoisotopic (exact) mass is 452 g/mol. The number of rotatable bonds is 7. The van der Waals surface area contributed by atoms with E-state index in [1.54, 1.807) is 0 Å². The summed E-state index contributed by atoms with van der Waals surface area (Å²) < 4.78 is 13.1. The zero-order valence-corrected chi connectivity index (χ0v) is 19.7. The minimum atomic E-state index is -0.451. The van der Waals surface area contributed by atoms with E-state index in [1.165, 1.54) is 26.2 Å². The van der Waals surface area contributed by atoms with Gasteiger partial charge in [0.25, 0.3) is 0 Å². The molecule has 0 spiro atoms. The third kappa shape index (κ3) is 6.21. The lowest BCUT2D eigenvalue weighted by atomic mass is 9.89. The summed E-state index contributed by atoms with van der Waals surface area (Å²) >= 11 is 0. The van der Waals surface area contributed by atoms with Crippen molar-refractivity contribution in [2.75, 3.05) is 19.6 Å². The molecule has 2 N–H and O–H groups in total. The highest BCUT2D eigenvalue weighted by molar-refractivity contribution is 5.72. The van der Waals surface area contributed by atoms with Gasteiger partial charge in [-0.25, -0.2) is 0 Å². The van der Waals surface area contributed by atoms with Crippen LogP contribution in [-0.2, 0) is 27.4 Å². The van der Waals surface area contributed by atoms with Crippen LogP contribution in [0.25, 0.3) is 0 Å². The Hall–Kier alpha value is -2.25. The molecule has 2 saturated heterocycles. The second-order valence-corrected chi connectivity index (χ2v) is 9.33. The molecule has 0 radical (unpaired) electrons. The molecular formula is C27H36N2O4. The molecule has 2 fully saturated rings. The Kier molecular flexibility index (Phi) is 8.15. The van der Waals surface area contributed by atoms with Crippen LogP contribution >= 0.6 is 0 Å². The number of ether oxygens (including phenoxy) is 2. The number of nitrogens with one attached hydrogen (secondary N) is 1. The summed E-state index contributed by atoms with van der Waals surface area (Å²) in [6, 6.07) is 16.1. The highest BCUT2D eigenvalue weighted by Gasteiger charge is 2.39. The predicted octanol–water partition coefficient (Wildman–Crippen LogP) is 4.09. The largest absolute Gasteiger partial charge is 0.392 e. The Balaban J connectivity index is 1.54. The van der Waals surface area contributed by atoms with Crippen molar-refractivity contribution in [3.8, 4) is 0 Å². The van der Waals surface area contributed by atoms with Crippen LogP contribution < -0.4 is 5.32 Å². The number of aliphatic hydroxyl groups is 1. The van der Waals surface area contributed by atoms with Crippen molar-refractivity contribution in [3.63, 3.8) is 0 Å². The van der Waals surface area contributed by atoms with E-state index in [-0.39, 0.29) is 30.6 Å². The number of piperidine rings is 1. The maximum atomic E-state index is 11.2. The van der Waals surface area contributed by atoms with Crippen molar-refractivity contribution in [1.29, 1.82) is 0 Å². The number of carbonyl (C=O) groups excluding carboxylic acids is 1. The lowest BCUT2D eigenvalue weighted by molar-refractivity contribution is -0.276. The first-order valence-electron chi connectivity index (χ1n) is 12.1. The highest BCUT2D eigenvalue weighted by atomic mass is 16.7. The van der Waals surface area contributed by atoms with Gasteiger partial charge in [0.2, 0.25) is 5.91 Å². The quantitative estimate of drug-likeness (QED) is 0.662. The molecule has 6 nitrogen and oxygen atoms in total. The van der Waals surface area contributed by atoms with Crippen molar-refractivity contribution >= 4 is 5.91 Å². The van der Waals surface area contributed by atoms with E-state index in [4.69, 9.17) is 9.47 Å². The molecular weight excluding hydrogens is 416 g/mol. The fourth-order valence-electron chi connectivity index (χ4n) is 4.74. The van der Waals surface area contributed by atoms with Gasteiger partial charge in [0, 0.05) is 31.5 Å². The molecule has 2 aliphatic heterocycles. The van der Waals surface area contributed by atoms with Crippen molar-refractivity contribution in [3.05, 3.63) is 70.8 Å². The molecule has 6 heteroatoms. The summed E-state index contributed by atoms with van der Waals surface area (Å²) in [7, 11) is 0. The first-order valence-corrected chi connectivity index (χ1v) is 12.1. The average molecular weight is 453 g/mol. The summed E-state index contributed by atoms with van der Waals surface area (Å²) in [5, 5.41) is 12.2. The Morgan fingerprint density at radius 2 is 1.61 bits per heavy atom.